The van der Waals surface area contributed by atoms with Crippen LogP contribution in [0.25, 0.3) is 0 Å². The summed E-state index contributed by atoms with van der Waals surface area (Å²) in [6, 6.07) is 9.25. The summed E-state index contributed by atoms with van der Waals surface area (Å²) in [5.41, 5.74) is 1.14. The lowest BCUT2D eigenvalue weighted by Gasteiger charge is -2.14. The van der Waals surface area contributed by atoms with Crippen LogP contribution in [-0.2, 0) is 6.42 Å². The van der Waals surface area contributed by atoms with E-state index in [1.54, 1.807) is 36.5 Å². The number of amides is 1. The molecule has 0 aliphatic heterocycles. The van der Waals surface area contributed by atoms with Crippen molar-refractivity contribution < 1.29 is 9.90 Å². The van der Waals surface area contributed by atoms with Crippen LogP contribution in [0.3, 0.4) is 0 Å². The first-order valence-electron chi connectivity index (χ1n) is 6.62. The SMILES string of the molecule is Cc1ccc(CC(C)NC(=O)c2cccc(O)c2C)s1. The van der Waals surface area contributed by atoms with Crippen LogP contribution in [0, 0.1) is 13.8 Å². The van der Waals surface area contributed by atoms with Crippen LogP contribution in [0.5, 0.6) is 5.75 Å². The predicted molar refractivity (Wildman–Crippen MR) is 82.5 cm³/mol. The van der Waals surface area contributed by atoms with Crippen molar-refractivity contribution in [1.29, 1.82) is 0 Å². The highest BCUT2D eigenvalue weighted by atomic mass is 32.1. The van der Waals surface area contributed by atoms with Gasteiger partial charge in [-0.3, -0.25) is 4.79 Å². The number of benzene rings is 1. The molecule has 0 aliphatic rings. The van der Waals surface area contributed by atoms with Crippen LogP contribution in [0.15, 0.2) is 30.3 Å². The summed E-state index contributed by atoms with van der Waals surface area (Å²) in [4.78, 5) is 14.8. The minimum absolute atomic E-state index is 0.0577. The first-order chi connectivity index (χ1) is 9.47. The van der Waals surface area contributed by atoms with E-state index in [0.29, 0.717) is 11.1 Å². The Labute approximate surface area is 123 Å². The summed E-state index contributed by atoms with van der Waals surface area (Å²) >= 11 is 1.75. The second-order valence-electron chi connectivity index (χ2n) is 5.04. The summed E-state index contributed by atoms with van der Waals surface area (Å²) < 4.78 is 0. The highest BCUT2D eigenvalue weighted by molar-refractivity contribution is 7.11. The zero-order chi connectivity index (χ0) is 14.7. The van der Waals surface area contributed by atoms with Crippen molar-refractivity contribution in [3.8, 4) is 5.75 Å². The van der Waals surface area contributed by atoms with Crippen molar-refractivity contribution in [1.82, 2.24) is 5.32 Å². The molecule has 2 rings (SSSR count). The first kappa shape index (κ1) is 14.6. The molecule has 0 saturated carbocycles. The number of hydrogen-bond acceptors (Lipinski definition) is 3. The van der Waals surface area contributed by atoms with E-state index in [-0.39, 0.29) is 17.7 Å². The summed E-state index contributed by atoms with van der Waals surface area (Å²) in [5.74, 6) is 0.0124. The molecule has 1 unspecified atom stereocenters. The molecule has 0 bridgehead atoms. The third-order valence-corrected chi connectivity index (χ3v) is 4.25. The Bertz CT molecular complexity index is 619. The average molecular weight is 289 g/mol. The van der Waals surface area contributed by atoms with Gasteiger partial charge in [0, 0.05) is 33.3 Å². The molecule has 1 aromatic heterocycles. The monoisotopic (exact) mass is 289 g/mol. The number of aryl methyl sites for hydroxylation is 1. The fourth-order valence-electron chi connectivity index (χ4n) is 2.12. The lowest BCUT2D eigenvalue weighted by molar-refractivity contribution is 0.0939. The number of thiophene rings is 1. The van der Waals surface area contributed by atoms with Gasteiger partial charge in [-0.25, -0.2) is 0 Å². The summed E-state index contributed by atoms with van der Waals surface area (Å²) in [5, 5.41) is 12.6. The van der Waals surface area contributed by atoms with E-state index in [9.17, 15) is 9.90 Å². The van der Waals surface area contributed by atoms with Gasteiger partial charge in [0.1, 0.15) is 5.75 Å². The largest absolute Gasteiger partial charge is 0.508 e. The zero-order valence-electron chi connectivity index (χ0n) is 11.9. The lowest BCUT2D eigenvalue weighted by Crippen LogP contribution is -2.34. The normalized spacial score (nSPS) is 12.2. The fourth-order valence-corrected chi connectivity index (χ4v) is 3.14. The van der Waals surface area contributed by atoms with Gasteiger partial charge in [-0.1, -0.05) is 6.07 Å². The van der Waals surface area contributed by atoms with Gasteiger partial charge in [0.25, 0.3) is 5.91 Å². The molecular weight excluding hydrogens is 270 g/mol. The van der Waals surface area contributed by atoms with Crippen LogP contribution < -0.4 is 5.32 Å². The molecule has 1 atom stereocenters. The quantitative estimate of drug-likeness (QED) is 0.906. The average Bonchev–Trinajstić information content (AvgIpc) is 2.77. The first-order valence-corrected chi connectivity index (χ1v) is 7.44. The predicted octanol–water partition coefficient (Wildman–Crippen LogP) is 3.43. The van der Waals surface area contributed by atoms with Crippen molar-refractivity contribution in [2.75, 3.05) is 0 Å². The van der Waals surface area contributed by atoms with E-state index in [1.165, 1.54) is 9.75 Å². The standard InChI is InChI=1S/C16H19NO2S/c1-10(9-13-8-7-11(2)20-13)17-16(19)14-5-4-6-15(18)12(14)3/h4-8,10,18H,9H2,1-3H3,(H,17,19). The van der Waals surface area contributed by atoms with E-state index in [2.05, 4.69) is 24.4 Å². The van der Waals surface area contributed by atoms with Crippen molar-refractivity contribution >= 4 is 17.2 Å². The van der Waals surface area contributed by atoms with E-state index in [4.69, 9.17) is 0 Å². The maximum Gasteiger partial charge on any atom is 0.251 e. The molecule has 0 radical (unpaired) electrons. The van der Waals surface area contributed by atoms with Crippen LogP contribution in [0.4, 0.5) is 0 Å². The highest BCUT2D eigenvalue weighted by Crippen LogP contribution is 2.20. The Morgan fingerprint density at radius 3 is 2.70 bits per heavy atom. The second kappa shape index (κ2) is 6.09. The van der Waals surface area contributed by atoms with Crippen LogP contribution in [0.1, 0.15) is 32.6 Å². The Hall–Kier alpha value is -1.81. The van der Waals surface area contributed by atoms with Gasteiger partial charge in [-0.2, -0.15) is 0 Å². The van der Waals surface area contributed by atoms with Crippen molar-refractivity contribution in [3.05, 3.63) is 51.2 Å². The molecule has 2 N–H and O–H groups in total. The van der Waals surface area contributed by atoms with Gasteiger partial charge in [0.15, 0.2) is 0 Å². The second-order valence-corrected chi connectivity index (χ2v) is 6.41. The van der Waals surface area contributed by atoms with E-state index < -0.39 is 0 Å². The smallest absolute Gasteiger partial charge is 0.251 e. The van der Waals surface area contributed by atoms with Gasteiger partial charge in [0.2, 0.25) is 0 Å². The fraction of sp³-hybridized carbons (Fsp3) is 0.312. The van der Waals surface area contributed by atoms with Gasteiger partial charge >= 0.3 is 0 Å². The number of rotatable bonds is 4. The lowest BCUT2D eigenvalue weighted by atomic mass is 10.1. The molecule has 4 heteroatoms. The summed E-state index contributed by atoms with van der Waals surface area (Å²) in [6.07, 6.45) is 0.822. The molecule has 1 aromatic carbocycles. The molecule has 0 saturated heterocycles. The van der Waals surface area contributed by atoms with Crippen LogP contribution in [0.2, 0.25) is 0 Å². The minimum atomic E-state index is -0.140. The molecule has 0 aliphatic carbocycles. The number of carbonyl (C=O) groups excluding carboxylic acids is 1. The van der Waals surface area contributed by atoms with Crippen molar-refractivity contribution in [2.24, 2.45) is 0 Å². The number of phenolic OH excluding ortho intramolecular Hbond substituents is 1. The molecule has 1 heterocycles. The van der Waals surface area contributed by atoms with E-state index in [0.717, 1.165) is 6.42 Å². The van der Waals surface area contributed by atoms with Gasteiger partial charge in [0.05, 0.1) is 0 Å². The van der Waals surface area contributed by atoms with Crippen LogP contribution >= 0.6 is 11.3 Å². The van der Waals surface area contributed by atoms with Crippen molar-refractivity contribution in [2.45, 2.75) is 33.2 Å². The zero-order valence-corrected chi connectivity index (χ0v) is 12.8. The third-order valence-electron chi connectivity index (χ3n) is 3.23. The van der Waals surface area contributed by atoms with E-state index >= 15 is 0 Å². The summed E-state index contributed by atoms with van der Waals surface area (Å²) in [7, 11) is 0. The van der Waals surface area contributed by atoms with E-state index in [1.807, 2.05) is 6.92 Å². The number of phenols is 1. The van der Waals surface area contributed by atoms with Crippen LogP contribution in [-0.4, -0.2) is 17.1 Å². The molecular formula is C16H19NO2S. The Morgan fingerprint density at radius 1 is 1.30 bits per heavy atom. The maximum absolute atomic E-state index is 12.2. The van der Waals surface area contributed by atoms with Gasteiger partial charge < -0.3 is 10.4 Å². The number of nitrogens with one attached hydrogen (secondary N) is 1. The molecule has 2 aromatic rings. The minimum Gasteiger partial charge on any atom is -0.508 e. The van der Waals surface area contributed by atoms with Gasteiger partial charge in [-0.15, -0.1) is 11.3 Å². The Morgan fingerprint density at radius 2 is 2.05 bits per heavy atom. The van der Waals surface area contributed by atoms with Crippen molar-refractivity contribution in [3.63, 3.8) is 0 Å². The highest BCUT2D eigenvalue weighted by Gasteiger charge is 2.14. The number of hydrogen-bond donors (Lipinski definition) is 2. The molecule has 1 amide bonds. The number of carbonyl (C=O) groups is 1. The maximum atomic E-state index is 12.2. The third kappa shape index (κ3) is 3.39. The summed E-state index contributed by atoms with van der Waals surface area (Å²) in [6.45, 7) is 5.82. The molecule has 3 nitrogen and oxygen atoms in total. The Balaban J connectivity index is 2.02. The molecule has 0 fully saturated rings. The molecule has 0 spiro atoms. The molecule has 106 valence electrons. The molecule has 20 heavy (non-hydrogen) atoms. The Kier molecular flexibility index (Phi) is 4.45. The topological polar surface area (TPSA) is 49.3 Å². The van der Waals surface area contributed by atoms with Gasteiger partial charge in [-0.05, 0) is 45.0 Å². The number of aromatic hydroxyl groups is 1.